The van der Waals surface area contributed by atoms with Crippen molar-refractivity contribution in [1.82, 2.24) is 5.32 Å². The minimum atomic E-state index is -0.843. The summed E-state index contributed by atoms with van der Waals surface area (Å²) in [4.78, 5) is 24.6. The van der Waals surface area contributed by atoms with Crippen LogP contribution in [-0.4, -0.2) is 24.0 Å². The van der Waals surface area contributed by atoms with Crippen LogP contribution in [0.25, 0.3) is 10.1 Å². The molecule has 1 aliphatic carbocycles. The van der Waals surface area contributed by atoms with E-state index in [2.05, 4.69) is 5.32 Å². The number of rotatable bonds is 4. The van der Waals surface area contributed by atoms with Crippen LogP contribution >= 0.6 is 11.3 Å². The van der Waals surface area contributed by atoms with E-state index in [1.165, 1.54) is 23.5 Å². The molecule has 0 aliphatic heterocycles. The third-order valence-corrected chi connectivity index (χ3v) is 5.13. The molecule has 0 saturated heterocycles. The second-order valence-corrected chi connectivity index (χ2v) is 6.91. The van der Waals surface area contributed by atoms with Gasteiger partial charge in [-0.15, -0.1) is 11.3 Å². The Kier molecular flexibility index (Phi) is 4.61. The van der Waals surface area contributed by atoms with Crippen molar-refractivity contribution in [3.63, 3.8) is 0 Å². The van der Waals surface area contributed by atoms with Crippen molar-refractivity contribution < 1.29 is 18.7 Å². The van der Waals surface area contributed by atoms with Crippen LogP contribution in [0.2, 0.25) is 0 Å². The Bertz CT molecular complexity index is 737. The maximum absolute atomic E-state index is 13.2. The molecule has 3 rings (SSSR count). The predicted octanol–water partition coefficient (Wildman–Crippen LogP) is 3.64. The Morgan fingerprint density at radius 1 is 1.30 bits per heavy atom. The lowest BCUT2D eigenvalue weighted by Crippen LogP contribution is -2.40. The summed E-state index contributed by atoms with van der Waals surface area (Å²) >= 11 is 1.23. The van der Waals surface area contributed by atoms with Gasteiger partial charge in [0.2, 0.25) is 0 Å². The quantitative estimate of drug-likeness (QED) is 0.868. The average Bonchev–Trinajstić information content (AvgIpc) is 3.15. The molecule has 1 heterocycles. The molecule has 0 radical (unpaired) electrons. The highest BCUT2D eigenvalue weighted by Crippen LogP contribution is 2.27. The van der Waals surface area contributed by atoms with Gasteiger partial charge in [-0.25, -0.2) is 9.18 Å². The zero-order valence-electron chi connectivity index (χ0n) is 12.8. The summed E-state index contributed by atoms with van der Waals surface area (Å²) in [7, 11) is 0. The molecule has 23 heavy (non-hydrogen) atoms. The topological polar surface area (TPSA) is 55.4 Å². The number of amides is 1. The van der Waals surface area contributed by atoms with Crippen molar-refractivity contribution in [2.75, 3.05) is 0 Å². The van der Waals surface area contributed by atoms with Crippen LogP contribution in [0.5, 0.6) is 0 Å². The lowest BCUT2D eigenvalue weighted by Gasteiger charge is -2.16. The number of carbonyl (C=O) groups excluding carboxylic acids is 2. The first kappa shape index (κ1) is 15.9. The van der Waals surface area contributed by atoms with Gasteiger partial charge >= 0.3 is 5.97 Å². The number of fused-ring (bicyclic) bond motifs is 1. The smallest absolute Gasteiger partial charge is 0.349 e. The molecule has 1 saturated carbocycles. The highest BCUT2D eigenvalue weighted by molar-refractivity contribution is 7.20. The van der Waals surface area contributed by atoms with Gasteiger partial charge in [0.1, 0.15) is 10.7 Å². The Balaban J connectivity index is 1.63. The first-order valence-corrected chi connectivity index (χ1v) is 8.55. The number of esters is 1. The van der Waals surface area contributed by atoms with Crippen LogP contribution in [-0.2, 0) is 9.53 Å². The summed E-state index contributed by atoms with van der Waals surface area (Å²) < 4.78 is 19.2. The fourth-order valence-corrected chi connectivity index (χ4v) is 3.70. The molecule has 2 aromatic rings. The van der Waals surface area contributed by atoms with E-state index in [9.17, 15) is 14.0 Å². The predicted molar refractivity (Wildman–Crippen MR) is 87.1 cm³/mol. The number of carbonyl (C=O) groups is 2. The summed E-state index contributed by atoms with van der Waals surface area (Å²) in [5.41, 5.74) is 0. The third-order valence-electron chi connectivity index (χ3n) is 4.03. The maximum Gasteiger partial charge on any atom is 0.349 e. The second kappa shape index (κ2) is 6.66. The largest absolute Gasteiger partial charge is 0.448 e. The van der Waals surface area contributed by atoms with Crippen molar-refractivity contribution in [3.05, 3.63) is 35.0 Å². The fraction of sp³-hybridized carbons (Fsp3) is 0.412. The Labute approximate surface area is 137 Å². The Morgan fingerprint density at radius 2 is 2.04 bits per heavy atom. The lowest BCUT2D eigenvalue weighted by atomic mass is 10.2. The van der Waals surface area contributed by atoms with Crippen LogP contribution in [0.3, 0.4) is 0 Å². The highest BCUT2D eigenvalue weighted by Gasteiger charge is 2.24. The molecule has 1 N–H and O–H groups in total. The lowest BCUT2D eigenvalue weighted by molar-refractivity contribution is -0.129. The molecule has 0 spiro atoms. The SMILES string of the molecule is C[C@@H](OC(=O)c1cc2cc(F)ccc2s1)C(=O)NC1CCCC1. The van der Waals surface area contributed by atoms with Crippen molar-refractivity contribution in [1.29, 1.82) is 0 Å². The number of hydrogen-bond acceptors (Lipinski definition) is 4. The van der Waals surface area contributed by atoms with E-state index < -0.39 is 12.1 Å². The number of ether oxygens (including phenoxy) is 1. The number of hydrogen-bond donors (Lipinski definition) is 1. The van der Waals surface area contributed by atoms with Gasteiger partial charge in [0, 0.05) is 10.7 Å². The molecular weight excluding hydrogens is 317 g/mol. The summed E-state index contributed by atoms with van der Waals surface area (Å²) in [5, 5.41) is 3.56. The molecule has 1 aromatic carbocycles. The van der Waals surface area contributed by atoms with E-state index >= 15 is 0 Å². The van der Waals surface area contributed by atoms with Crippen LogP contribution < -0.4 is 5.32 Å². The second-order valence-electron chi connectivity index (χ2n) is 5.83. The number of benzene rings is 1. The summed E-state index contributed by atoms with van der Waals surface area (Å²) in [6, 6.07) is 6.13. The van der Waals surface area contributed by atoms with E-state index in [0.29, 0.717) is 10.3 Å². The van der Waals surface area contributed by atoms with Gasteiger partial charge in [0.15, 0.2) is 6.10 Å². The summed E-state index contributed by atoms with van der Waals surface area (Å²) in [6.07, 6.45) is 3.36. The van der Waals surface area contributed by atoms with Crippen molar-refractivity contribution in [3.8, 4) is 0 Å². The molecule has 1 aromatic heterocycles. The summed E-state index contributed by atoms with van der Waals surface area (Å²) in [5.74, 6) is -1.17. The monoisotopic (exact) mass is 335 g/mol. The van der Waals surface area contributed by atoms with Crippen LogP contribution in [0.1, 0.15) is 42.3 Å². The van der Waals surface area contributed by atoms with Gasteiger partial charge in [0.05, 0.1) is 0 Å². The van der Waals surface area contributed by atoms with Gasteiger partial charge in [-0.05, 0) is 49.4 Å². The molecule has 122 valence electrons. The van der Waals surface area contributed by atoms with E-state index in [-0.39, 0.29) is 17.8 Å². The fourth-order valence-electron chi connectivity index (χ4n) is 2.78. The molecule has 1 atom stereocenters. The Morgan fingerprint density at radius 3 is 2.78 bits per heavy atom. The first-order valence-electron chi connectivity index (χ1n) is 7.73. The molecule has 4 nitrogen and oxygen atoms in total. The summed E-state index contributed by atoms with van der Waals surface area (Å²) in [6.45, 7) is 1.56. The Hall–Kier alpha value is -1.95. The van der Waals surface area contributed by atoms with Crippen LogP contribution in [0.4, 0.5) is 4.39 Å². The van der Waals surface area contributed by atoms with Gasteiger partial charge < -0.3 is 10.1 Å². The molecule has 0 bridgehead atoms. The van der Waals surface area contributed by atoms with Gasteiger partial charge in [-0.2, -0.15) is 0 Å². The molecule has 1 aliphatic rings. The van der Waals surface area contributed by atoms with Gasteiger partial charge in [-0.1, -0.05) is 12.8 Å². The van der Waals surface area contributed by atoms with E-state index in [1.807, 2.05) is 0 Å². The van der Waals surface area contributed by atoms with E-state index in [4.69, 9.17) is 4.74 Å². The van der Waals surface area contributed by atoms with Crippen LogP contribution in [0.15, 0.2) is 24.3 Å². The van der Waals surface area contributed by atoms with Crippen molar-refractivity contribution >= 4 is 33.3 Å². The highest BCUT2D eigenvalue weighted by atomic mass is 32.1. The zero-order chi connectivity index (χ0) is 16.4. The molecule has 1 amide bonds. The maximum atomic E-state index is 13.2. The molecule has 1 fully saturated rings. The molecule has 0 unspecified atom stereocenters. The third kappa shape index (κ3) is 3.69. The van der Waals surface area contributed by atoms with Crippen molar-refractivity contribution in [2.24, 2.45) is 0 Å². The minimum absolute atomic E-state index is 0.191. The standard InChI is InChI=1S/C17H18FNO3S/c1-10(16(20)19-13-4-2-3-5-13)22-17(21)15-9-11-8-12(18)6-7-14(11)23-15/h6-10,13H,2-5H2,1H3,(H,19,20)/t10-/m1/s1. The molecular formula is C17H18FNO3S. The van der Waals surface area contributed by atoms with Crippen molar-refractivity contribution in [2.45, 2.75) is 44.8 Å². The zero-order valence-corrected chi connectivity index (χ0v) is 13.6. The molecule has 6 heteroatoms. The van der Waals surface area contributed by atoms with Gasteiger partial charge in [0.25, 0.3) is 5.91 Å². The number of thiophene rings is 1. The average molecular weight is 335 g/mol. The van der Waals surface area contributed by atoms with Crippen LogP contribution in [0, 0.1) is 5.82 Å². The number of nitrogens with one attached hydrogen (secondary N) is 1. The number of halogens is 1. The van der Waals surface area contributed by atoms with Gasteiger partial charge in [-0.3, -0.25) is 4.79 Å². The van der Waals surface area contributed by atoms with E-state index in [0.717, 1.165) is 30.4 Å². The first-order chi connectivity index (χ1) is 11.0. The van der Waals surface area contributed by atoms with E-state index in [1.54, 1.807) is 19.1 Å². The normalized spacial score (nSPS) is 16.4. The minimum Gasteiger partial charge on any atom is -0.448 e.